The van der Waals surface area contributed by atoms with E-state index >= 15 is 0 Å². The Kier molecular flexibility index (Phi) is 4.95. The Bertz CT molecular complexity index is 469. The van der Waals surface area contributed by atoms with Crippen molar-refractivity contribution in [2.75, 3.05) is 26.2 Å². The number of ether oxygens (including phenoxy) is 1. The molecule has 0 unspecified atom stereocenters. The molecule has 1 saturated heterocycles. The first-order valence-electron chi connectivity index (χ1n) is 6.65. The number of hydrogen-bond acceptors (Lipinski definition) is 4. The standard InChI is InChI=1S/C14H19N3O3/c15-14(19)11-1-3-12(4-2-11)20-6-5-13(18)17-9-10-7-16-8-10/h1-4,10,16H,5-9H2,(H2,15,19)(H,17,18). The van der Waals surface area contributed by atoms with Gasteiger partial charge in [0.05, 0.1) is 13.0 Å². The van der Waals surface area contributed by atoms with Crippen LogP contribution in [0.2, 0.25) is 0 Å². The Labute approximate surface area is 117 Å². The van der Waals surface area contributed by atoms with E-state index in [1.54, 1.807) is 24.3 Å². The van der Waals surface area contributed by atoms with E-state index in [1.165, 1.54) is 0 Å². The molecule has 1 aliphatic heterocycles. The van der Waals surface area contributed by atoms with E-state index in [9.17, 15) is 9.59 Å². The van der Waals surface area contributed by atoms with E-state index in [0.717, 1.165) is 19.6 Å². The zero-order valence-corrected chi connectivity index (χ0v) is 11.2. The van der Waals surface area contributed by atoms with Crippen molar-refractivity contribution in [3.8, 4) is 5.75 Å². The highest BCUT2D eigenvalue weighted by molar-refractivity contribution is 5.92. The second kappa shape index (κ2) is 6.91. The average molecular weight is 277 g/mol. The van der Waals surface area contributed by atoms with E-state index in [2.05, 4.69) is 10.6 Å². The lowest BCUT2D eigenvalue weighted by Crippen LogP contribution is -2.48. The van der Waals surface area contributed by atoms with Crippen LogP contribution in [0.15, 0.2) is 24.3 Å². The van der Waals surface area contributed by atoms with Crippen LogP contribution in [0.25, 0.3) is 0 Å². The third-order valence-electron chi connectivity index (χ3n) is 3.19. The Hall–Kier alpha value is -2.08. The summed E-state index contributed by atoms with van der Waals surface area (Å²) in [4.78, 5) is 22.4. The molecule has 1 aromatic carbocycles. The predicted molar refractivity (Wildman–Crippen MR) is 74.4 cm³/mol. The average Bonchev–Trinajstić information content (AvgIpc) is 2.37. The molecule has 2 rings (SSSR count). The first kappa shape index (κ1) is 14.3. The maximum absolute atomic E-state index is 11.5. The molecule has 0 aliphatic carbocycles. The minimum atomic E-state index is -0.471. The van der Waals surface area contributed by atoms with Crippen LogP contribution >= 0.6 is 0 Å². The van der Waals surface area contributed by atoms with Crippen molar-refractivity contribution in [2.45, 2.75) is 6.42 Å². The molecule has 0 aromatic heterocycles. The second-order valence-corrected chi connectivity index (χ2v) is 4.82. The van der Waals surface area contributed by atoms with Crippen LogP contribution < -0.4 is 21.1 Å². The third kappa shape index (κ3) is 4.24. The summed E-state index contributed by atoms with van der Waals surface area (Å²) < 4.78 is 5.43. The van der Waals surface area contributed by atoms with E-state index in [1.807, 2.05) is 0 Å². The fourth-order valence-corrected chi connectivity index (χ4v) is 1.82. The van der Waals surface area contributed by atoms with Crippen LogP contribution in [0.5, 0.6) is 5.75 Å². The molecule has 0 radical (unpaired) electrons. The molecule has 1 aromatic rings. The number of carbonyl (C=O) groups excluding carboxylic acids is 2. The van der Waals surface area contributed by atoms with Gasteiger partial charge in [0.2, 0.25) is 11.8 Å². The Balaban J connectivity index is 1.64. The lowest BCUT2D eigenvalue weighted by molar-refractivity contribution is -0.121. The summed E-state index contributed by atoms with van der Waals surface area (Å²) in [7, 11) is 0. The smallest absolute Gasteiger partial charge is 0.248 e. The van der Waals surface area contributed by atoms with E-state index in [4.69, 9.17) is 10.5 Å². The monoisotopic (exact) mass is 277 g/mol. The minimum absolute atomic E-state index is 0.00865. The molecule has 2 amide bonds. The summed E-state index contributed by atoms with van der Waals surface area (Å²) in [5, 5.41) is 6.03. The molecule has 0 atom stereocenters. The normalized spacial score (nSPS) is 14.4. The number of primary amides is 1. The predicted octanol–water partition coefficient (Wildman–Crippen LogP) is -0.110. The quantitative estimate of drug-likeness (QED) is 0.648. The van der Waals surface area contributed by atoms with Gasteiger partial charge >= 0.3 is 0 Å². The van der Waals surface area contributed by atoms with Gasteiger partial charge in [-0.05, 0) is 24.3 Å². The van der Waals surface area contributed by atoms with Gasteiger partial charge in [-0.3, -0.25) is 9.59 Å². The van der Waals surface area contributed by atoms with Crippen molar-refractivity contribution < 1.29 is 14.3 Å². The van der Waals surface area contributed by atoms with E-state index < -0.39 is 5.91 Å². The van der Waals surface area contributed by atoms with Gasteiger partial charge in [0.15, 0.2) is 0 Å². The van der Waals surface area contributed by atoms with Gasteiger partial charge < -0.3 is 21.1 Å². The molecule has 1 aliphatic rings. The van der Waals surface area contributed by atoms with Crippen LogP contribution in [0, 0.1) is 5.92 Å². The largest absolute Gasteiger partial charge is 0.493 e. The lowest BCUT2D eigenvalue weighted by atomic mass is 10.0. The first-order chi connectivity index (χ1) is 9.65. The Morgan fingerprint density at radius 3 is 2.55 bits per heavy atom. The van der Waals surface area contributed by atoms with Gasteiger partial charge in [-0.15, -0.1) is 0 Å². The van der Waals surface area contributed by atoms with E-state index in [0.29, 0.717) is 30.3 Å². The van der Waals surface area contributed by atoms with Crippen molar-refractivity contribution in [1.29, 1.82) is 0 Å². The second-order valence-electron chi connectivity index (χ2n) is 4.82. The molecule has 6 nitrogen and oxygen atoms in total. The number of amides is 2. The van der Waals surface area contributed by atoms with Gasteiger partial charge in [0.1, 0.15) is 5.75 Å². The number of benzene rings is 1. The molecule has 1 heterocycles. The van der Waals surface area contributed by atoms with Gasteiger partial charge in [-0.25, -0.2) is 0 Å². The van der Waals surface area contributed by atoms with Crippen LogP contribution in [0.1, 0.15) is 16.8 Å². The molecular formula is C14H19N3O3. The number of rotatable bonds is 7. The van der Waals surface area contributed by atoms with E-state index in [-0.39, 0.29) is 5.91 Å². The number of nitrogens with two attached hydrogens (primary N) is 1. The number of nitrogens with one attached hydrogen (secondary N) is 2. The molecule has 0 spiro atoms. The number of carbonyl (C=O) groups is 2. The van der Waals surface area contributed by atoms with Gasteiger partial charge in [0.25, 0.3) is 0 Å². The van der Waals surface area contributed by atoms with Crippen molar-refractivity contribution >= 4 is 11.8 Å². The van der Waals surface area contributed by atoms with Crippen molar-refractivity contribution in [2.24, 2.45) is 11.7 Å². The van der Waals surface area contributed by atoms with Gasteiger partial charge in [-0.2, -0.15) is 0 Å². The minimum Gasteiger partial charge on any atom is -0.493 e. The summed E-state index contributed by atoms with van der Waals surface area (Å²) in [5.41, 5.74) is 5.57. The van der Waals surface area contributed by atoms with Crippen molar-refractivity contribution in [3.63, 3.8) is 0 Å². The van der Waals surface area contributed by atoms with Crippen LogP contribution in [0.3, 0.4) is 0 Å². The van der Waals surface area contributed by atoms with Crippen molar-refractivity contribution in [3.05, 3.63) is 29.8 Å². The van der Waals surface area contributed by atoms with Gasteiger partial charge in [0, 0.05) is 31.1 Å². The summed E-state index contributed by atoms with van der Waals surface area (Å²) in [5.74, 6) is 0.694. The highest BCUT2D eigenvalue weighted by Gasteiger charge is 2.16. The fourth-order valence-electron chi connectivity index (χ4n) is 1.82. The molecular weight excluding hydrogens is 258 g/mol. The Morgan fingerprint density at radius 2 is 2.00 bits per heavy atom. The molecule has 6 heteroatoms. The molecule has 4 N–H and O–H groups in total. The summed E-state index contributed by atoms with van der Waals surface area (Å²) in [6.07, 6.45) is 0.317. The maximum atomic E-state index is 11.5. The number of hydrogen-bond donors (Lipinski definition) is 3. The van der Waals surface area contributed by atoms with Crippen LogP contribution in [0.4, 0.5) is 0 Å². The topological polar surface area (TPSA) is 93.5 Å². The SMILES string of the molecule is NC(=O)c1ccc(OCCC(=O)NCC2CNC2)cc1. The molecule has 20 heavy (non-hydrogen) atoms. The lowest BCUT2D eigenvalue weighted by Gasteiger charge is -2.27. The zero-order valence-electron chi connectivity index (χ0n) is 11.2. The molecule has 1 fully saturated rings. The molecule has 0 saturated carbocycles. The maximum Gasteiger partial charge on any atom is 0.248 e. The highest BCUT2D eigenvalue weighted by atomic mass is 16.5. The molecule has 0 bridgehead atoms. The van der Waals surface area contributed by atoms with Crippen LogP contribution in [-0.2, 0) is 4.79 Å². The summed E-state index contributed by atoms with van der Waals surface area (Å²) >= 11 is 0. The van der Waals surface area contributed by atoms with Gasteiger partial charge in [-0.1, -0.05) is 0 Å². The van der Waals surface area contributed by atoms with Crippen LogP contribution in [-0.4, -0.2) is 38.1 Å². The van der Waals surface area contributed by atoms with Crippen molar-refractivity contribution in [1.82, 2.24) is 10.6 Å². The summed E-state index contributed by atoms with van der Waals surface area (Å²) in [6.45, 7) is 2.98. The highest BCUT2D eigenvalue weighted by Crippen LogP contribution is 2.12. The zero-order chi connectivity index (χ0) is 14.4. The first-order valence-corrected chi connectivity index (χ1v) is 6.65. The Morgan fingerprint density at radius 1 is 1.30 bits per heavy atom. The summed E-state index contributed by atoms with van der Waals surface area (Å²) in [6, 6.07) is 6.53. The molecule has 108 valence electrons. The third-order valence-corrected chi connectivity index (χ3v) is 3.19. The fraction of sp³-hybridized carbons (Fsp3) is 0.429.